The average molecular weight is 336 g/mol. The van der Waals surface area contributed by atoms with E-state index in [2.05, 4.69) is 4.90 Å². The summed E-state index contributed by atoms with van der Waals surface area (Å²) in [6.07, 6.45) is 2.12. The second-order valence-corrected chi connectivity index (χ2v) is 6.39. The summed E-state index contributed by atoms with van der Waals surface area (Å²) in [5, 5.41) is 0. The van der Waals surface area contributed by atoms with E-state index in [4.69, 9.17) is 4.74 Å². The highest BCUT2D eigenvalue weighted by Crippen LogP contribution is 2.34. The number of carbonyl (C=O) groups is 2. The SMILES string of the molecule is COCCN1CCCc2ccc(N3C(=O)c4ccccc4C3=O)cc21. The molecule has 0 bridgehead atoms. The standard InChI is InChI=1S/C20H20N2O3/c1-25-12-11-21-10-4-5-14-8-9-15(13-18(14)21)22-19(23)16-6-2-3-7-17(16)20(22)24/h2-3,6-9,13H,4-5,10-12H2,1H3. The maximum Gasteiger partial charge on any atom is 0.266 e. The van der Waals surface area contributed by atoms with E-state index < -0.39 is 0 Å². The second-order valence-electron chi connectivity index (χ2n) is 6.39. The molecule has 2 heterocycles. The molecule has 0 spiro atoms. The number of fused-ring (bicyclic) bond motifs is 2. The van der Waals surface area contributed by atoms with Crippen LogP contribution < -0.4 is 9.80 Å². The van der Waals surface area contributed by atoms with Crippen LogP contribution in [-0.4, -0.2) is 38.6 Å². The Balaban J connectivity index is 1.71. The highest BCUT2D eigenvalue weighted by molar-refractivity contribution is 6.34. The molecule has 0 saturated heterocycles. The molecule has 2 aliphatic heterocycles. The summed E-state index contributed by atoms with van der Waals surface area (Å²) in [5.41, 5.74) is 3.93. The van der Waals surface area contributed by atoms with E-state index in [0.29, 0.717) is 23.4 Å². The summed E-state index contributed by atoms with van der Waals surface area (Å²) in [7, 11) is 1.69. The van der Waals surface area contributed by atoms with Crippen LogP contribution in [0.5, 0.6) is 0 Å². The molecule has 5 heteroatoms. The van der Waals surface area contributed by atoms with Gasteiger partial charge in [0.2, 0.25) is 0 Å². The van der Waals surface area contributed by atoms with E-state index in [9.17, 15) is 9.59 Å². The van der Waals surface area contributed by atoms with Crippen LogP contribution in [0.25, 0.3) is 0 Å². The lowest BCUT2D eigenvalue weighted by molar-refractivity contribution is 0.0926. The van der Waals surface area contributed by atoms with Crippen LogP contribution in [0, 0.1) is 0 Å². The van der Waals surface area contributed by atoms with Gasteiger partial charge in [0.1, 0.15) is 0 Å². The minimum Gasteiger partial charge on any atom is -0.383 e. The van der Waals surface area contributed by atoms with Gasteiger partial charge in [0.25, 0.3) is 11.8 Å². The van der Waals surface area contributed by atoms with Crippen LogP contribution in [0.3, 0.4) is 0 Å². The van der Waals surface area contributed by atoms with Gasteiger partial charge >= 0.3 is 0 Å². The van der Waals surface area contributed by atoms with E-state index in [0.717, 1.165) is 31.6 Å². The zero-order chi connectivity index (χ0) is 17.4. The third-order valence-corrected chi connectivity index (χ3v) is 4.90. The van der Waals surface area contributed by atoms with Gasteiger partial charge in [0, 0.05) is 25.9 Å². The largest absolute Gasteiger partial charge is 0.383 e. The summed E-state index contributed by atoms with van der Waals surface area (Å²) in [6, 6.07) is 12.9. The molecule has 5 nitrogen and oxygen atoms in total. The zero-order valence-electron chi connectivity index (χ0n) is 14.2. The number of anilines is 2. The Kier molecular flexibility index (Phi) is 4.01. The first kappa shape index (κ1) is 15.8. The maximum absolute atomic E-state index is 12.7. The van der Waals surface area contributed by atoms with Crippen molar-refractivity contribution in [3.63, 3.8) is 0 Å². The first-order valence-corrected chi connectivity index (χ1v) is 8.55. The van der Waals surface area contributed by atoms with Gasteiger partial charge in [-0.3, -0.25) is 9.59 Å². The summed E-state index contributed by atoms with van der Waals surface area (Å²) >= 11 is 0. The van der Waals surface area contributed by atoms with Crippen LogP contribution in [0.15, 0.2) is 42.5 Å². The van der Waals surface area contributed by atoms with Crippen LogP contribution in [0.4, 0.5) is 11.4 Å². The molecular formula is C20H20N2O3. The molecule has 0 fully saturated rings. The van der Waals surface area contributed by atoms with Crippen molar-refractivity contribution in [3.8, 4) is 0 Å². The minimum atomic E-state index is -0.250. The Bertz CT molecular complexity index is 812. The fourth-order valence-corrected chi connectivity index (χ4v) is 3.64. The Morgan fingerprint density at radius 2 is 1.76 bits per heavy atom. The molecule has 0 aromatic heterocycles. The summed E-state index contributed by atoms with van der Waals surface area (Å²) < 4.78 is 5.21. The smallest absolute Gasteiger partial charge is 0.266 e. The number of hydrogen-bond acceptors (Lipinski definition) is 4. The lowest BCUT2D eigenvalue weighted by Gasteiger charge is -2.32. The number of nitrogens with zero attached hydrogens (tertiary/aromatic N) is 2. The molecule has 0 aliphatic carbocycles. The van der Waals surface area contributed by atoms with Crippen LogP contribution in [-0.2, 0) is 11.2 Å². The van der Waals surface area contributed by atoms with E-state index >= 15 is 0 Å². The van der Waals surface area contributed by atoms with Crippen LogP contribution in [0.1, 0.15) is 32.7 Å². The van der Waals surface area contributed by atoms with E-state index in [1.807, 2.05) is 18.2 Å². The molecule has 2 aromatic carbocycles. The Morgan fingerprint density at radius 1 is 1.04 bits per heavy atom. The molecule has 0 atom stereocenters. The number of ether oxygens (including phenoxy) is 1. The number of aryl methyl sites for hydroxylation is 1. The van der Waals surface area contributed by atoms with Gasteiger partial charge in [-0.05, 0) is 42.7 Å². The van der Waals surface area contributed by atoms with E-state index in [-0.39, 0.29) is 11.8 Å². The Labute approximate surface area is 146 Å². The minimum absolute atomic E-state index is 0.250. The molecule has 4 rings (SSSR count). The quantitative estimate of drug-likeness (QED) is 0.806. The average Bonchev–Trinajstić information content (AvgIpc) is 2.91. The van der Waals surface area contributed by atoms with Gasteiger partial charge < -0.3 is 9.64 Å². The number of amides is 2. The predicted octanol–water partition coefficient (Wildman–Crippen LogP) is 2.89. The molecule has 0 radical (unpaired) electrons. The fourth-order valence-electron chi connectivity index (χ4n) is 3.64. The zero-order valence-corrected chi connectivity index (χ0v) is 14.2. The lowest BCUT2D eigenvalue weighted by atomic mass is 10.0. The number of rotatable bonds is 4. The monoisotopic (exact) mass is 336 g/mol. The lowest BCUT2D eigenvalue weighted by Crippen LogP contribution is -2.33. The van der Waals surface area contributed by atoms with Crippen molar-refractivity contribution >= 4 is 23.2 Å². The first-order chi connectivity index (χ1) is 12.2. The van der Waals surface area contributed by atoms with Gasteiger partial charge in [-0.1, -0.05) is 18.2 Å². The molecule has 0 saturated carbocycles. The van der Waals surface area contributed by atoms with E-state index in [1.54, 1.807) is 31.4 Å². The summed E-state index contributed by atoms with van der Waals surface area (Å²) in [4.78, 5) is 29.0. The number of imide groups is 1. The van der Waals surface area contributed by atoms with Crippen molar-refractivity contribution in [2.24, 2.45) is 0 Å². The molecular weight excluding hydrogens is 316 g/mol. The molecule has 2 amide bonds. The van der Waals surface area contributed by atoms with Crippen LogP contribution in [0.2, 0.25) is 0 Å². The van der Waals surface area contributed by atoms with Crippen molar-refractivity contribution in [1.82, 2.24) is 0 Å². The normalized spacial score (nSPS) is 16.2. The number of benzene rings is 2. The van der Waals surface area contributed by atoms with Gasteiger partial charge in [-0.25, -0.2) is 4.90 Å². The Morgan fingerprint density at radius 3 is 2.44 bits per heavy atom. The molecule has 2 aliphatic rings. The maximum atomic E-state index is 12.7. The Hall–Kier alpha value is -2.66. The topological polar surface area (TPSA) is 49.9 Å². The van der Waals surface area contributed by atoms with Gasteiger partial charge in [-0.2, -0.15) is 0 Å². The van der Waals surface area contributed by atoms with Gasteiger partial charge in [0.15, 0.2) is 0 Å². The second kappa shape index (κ2) is 6.33. The molecule has 25 heavy (non-hydrogen) atoms. The van der Waals surface area contributed by atoms with Gasteiger partial charge in [0.05, 0.1) is 23.4 Å². The highest BCUT2D eigenvalue weighted by Gasteiger charge is 2.36. The number of hydrogen-bond donors (Lipinski definition) is 0. The highest BCUT2D eigenvalue weighted by atomic mass is 16.5. The van der Waals surface area contributed by atoms with E-state index in [1.165, 1.54) is 10.5 Å². The molecule has 128 valence electrons. The van der Waals surface area contributed by atoms with Crippen molar-refractivity contribution in [1.29, 1.82) is 0 Å². The number of carbonyl (C=O) groups excluding carboxylic acids is 2. The summed E-state index contributed by atoms with van der Waals surface area (Å²) in [6.45, 7) is 2.41. The van der Waals surface area contributed by atoms with Crippen molar-refractivity contribution in [2.75, 3.05) is 36.6 Å². The fraction of sp³-hybridized carbons (Fsp3) is 0.300. The third kappa shape index (κ3) is 2.61. The number of methoxy groups -OCH3 is 1. The van der Waals surface area contributed by atoms with Crippen molar-refractivity contribution in [2.45, 2.75) is 12.8 Å². The first-order valence-electron chi connectivity index (χ1n) is 8.55. The van der Waals surface area contributed by atoms with Gasteiger partial charge in [-0.15, -0.1) is 0 Å². The van der Waals surface area contributed by atoms with Crippen LogP contribution >= 0.6 is 0 Å². The predicted molar refractivity (Wildman–Crippen MR) is 96.4 cm³/mol. The van der Waals surface area contributed by atoms with Crippen molar-refractivity contribution in [3.05, 3.63) is 59.2 Å². The molecule has 2 aromatic rings. The molecule has 0 N–H and O–H groups in total. The summed E-state index contributed by atoms with van der Waals surface area (Å²) in [5.74, 6) is -0.500. The molecule has 0 unspecified atom stereocenters. The van der Waals surface area contributed by atoms with Crippen molar-refractivity contribution < 1.29 is 14.3 Å². The third-order valence-electron chi connectivity index (χ3n) is 4.90.